The number of hydrogen-bond acceptors (Lipinski definition) is 4. The van der Waals surface area contributed by atoms with Crippen molar-refractivity contribution in [3.8, 4) is 0 Å². The highest BCUT2D eigenvalue weighted by molar-refractivity contribution is 5.81. The van der Waals surface area contributed by atoms with E-state index in [0.717, 1.165) is 6.42 Å². The van der Waals surface area contributed by atoms with E-state index in [9.17, 15) is 14.7 Å². The number of carbonyl (C=O) groups excluding carboxylic acids is 2. The van der Waals surface area contributed by atoms with Gasteiger partial charge < -0.3 is 20.5 Å². The van der Waals surface area contributed by atoms with E-state index in [2.05, 4.69) is 71.3 Å². The number of ether oxygens (including phenoxy) is 1. The molecule has 0 aromatic heterocycles. The molecule has 1 unspecified atom stereocenters. The standard InChI is InChI=1S/C26H50N2O4/c1-22(2,3)17-24(7,8)13-14-25(9,10)18-26(11,12)20(30)27-15-19(29)16-28-21(31)32-23(4,5)6/h13-14,19,29H,15-18H2,1-12H3,(H,27,30)(H,28,31). The lowest BCUT2D eigenvalue weighted by Crippen LogP contribution is -2.45. The summed E-state index contributed by atoms with van der Waals surface area (Å²) in [7, 11) is 0. The van der Waals surface area contributed by atoms with E-state index >= 15 is 0 Å². The Kier molecular flexibility index (Phi) is 10.5. The largest absolute Gasteiger partial charge is 0.444 e. The summed E-state index contributed by atoms with van der Waals surface area (Å²) >= 11 is 0. The number of aliphatic hydroxyl groups excluding tert-OH is 1. The first-order valence-corrected chi connectivity index (χ1v) is 11.7. The van der Waals surface area contributed by atoms with Gasteiger partial charge >= 0.3 is 6.09 Å². The van der Waals surface area contributed by atoms with Gasteiger partial charge in [-0.15, -0.1) is 0 Å². The predicted octanol–water partition coefficient (Wildman–Crippen LogP) is 5.45. The van der Waals surface area contributed by atoms with Gasteiger partial charge in [-0.3, -0.25) is 4.79 Å². The maximum absolute atomic E-state index is 12.8. The van der Waals surface area contributed by atoms with Crippen LogP contribution in [0.4, 0.5) is 4.79 Å². The number of aliphatic hydroxyl groups is 1. The Morgan fingerprint density at radius 3 is 1.66 bits per heavy atom. The van der Waals surface area contributed by atoms with Crippen molar-refractivity contribution in [2.24, 2.45) is 21.7 Å². The Labute approximate surface area is 197 Å². The van der Waals surface area contributed by atoms with Crippen molar-refractivity contribution in [1.29, 1.82) is 0 Å². The topological polar surface area (TPSA) is 87.7 Å². The molecule has 0 saturated carbocycles. The van der Waals surface area contributed by atoms with E-state index in [1.165, 1.54) is 0 Å². The second-order valence-corrected chi connectivity index (χ2v) is 13.4. The Morgan fingerprint density at radius 1 is 0.781 bits per heavy atom. The maximum atomic E-state index is 12.8. The third-order valence-electron chi connectivity index (χ3n) is 4.86. The first-order valence-electron chi connectivity index (χ1n) is 11.7. The van der Waals surface area contributed by atoms with E-state index in [-0.39, 0.29) is 35.2 Å². The van der Waals surface area contributed by atoms with Crippen LogP contribution in [0.1, 0.15) is 95.9 Å². The molecule has 0 aliphatic heterocycles. The number of amides is 2. The van der Waals surface area contributed by atoms with Crippen molar-refractivity contribution in [2.45, 2.75) is 108 Å². The smallest absolute Gasteiger partial charge is 0.407 e. The molecule has 0 aliphatic carbocycles. The maximum Gasteiger partial charge on any atom is 0.407 e. The predicted molar refractivity (Wildman–Crippen MR) is 132 cm³/mol. The summed E-state index contributed by atoms with van der Waals surface area (Å²) in [6.45, 7) is 24.7. The Bertz CT molecular complexity index is 650. The molecule has 32 heavy (non-hydrogen) atoms. The van der Waals surface area contributed by atoms with Gasteiger partial charge in [0.25, 0.3) is 0 Å². The second-order valence-electron chi connectivity index (χ2n) is 13.4. The summed E-state index contributed by atoms with van der Waals surface area (Å²) in [4.78, 5) is 24.5. The summed E-state index contributed by atoms with van der Waals surface area (Å²) in [6.07, 6.45) is 4.76. The van der Waals surface area contributed by atoms with Crippen LogP contribution in [0.2, 0.25) is 0 Å². The van der Waals surface area contributed by atoms with Crippen molar-refractivity contribution in [2.75, 3.05) is 13.1 Å². The molecule has 0 rings (SSSR count). The number of nitrogens with one attached hydrogen (secondary N) is 2. The van der Waals surface area contributed by atoms with Crippen molar-refractivity contribution >= 4 is 12.0 Å². The van der Waals surface area contributed by atoms with Crippen LogP contribution in [0.3, 0.4) is 0 Å². The van der Waals surface area contributed by atoms with E-state index in [1.54, 1.807) is 20.8 Å². The SMILES string of the molecule is CC(C)(C)CC(C)(C)C=CC(C)(C)CC(C)(C)C(=O)NCC(O)CNC(=O)OC(C)(C)C. The highest BCUT2D eigenvalue weighted by Gasteiger charge is 2.34. The molecule has 6 nitrogen and oxygen atoms in total. The molecule has 0 spiro atoms. The minimum atomic E-state index is -0.895. The van der Waals surface area contributed by atoms with E-state index in [4.69, 9.17) is 4.74 Å². The molecule has 0 aliphatic rings. The zero-order valence-electron chi connectivity index (χ0n) is 22.7. The molecule has 2 amide bonds. The van der Waals surface area contributed by atoms with Crippen LogP contribution in [0.15, 0.2) is 12.2 Å². The number of rotatable bonds is 10. The van der Waals surface area contributed by atoms with Gasteiger partial charge in [0.1, 0.15) is 5.60 Å². The fourth-order valence-electron chi connectivity index (χ4n) is 4.19. The van der Waals surface area contributed by atoms with E-state index in [1.807, 2.05) is 13.8 Å². The number of allylic oxidation sites excluding steroid dienone is 2. The normalized spacial score (nSPS) is 14.9. The van der Waals surface area contributed by atoms with E-state index in [0.29, 0.717) is 6.42 Å². The molecule has 0 fully saturated rings. The van der Waals surface area contributed by atoms with Gasteiger partial charge in [0.05, 0.1) is 6.10 Å². The summed E-state index contributed by atoms with van der Waals surface area (Å²) in [5.41, 5.74) is -1.05. The summed E-state index contributed by atoms with van der Waals surface area (Å²) in [5, 5.41) is 15.4. The first-order chi connectivity index (χ1) is 14.0. The lowest BCUT2D eigenvalue weighted by atomic mass is 9.71. The zero-order valence-corrected chi connectivity index (χ0v) is 22.7. The lowest BCUT2D eigenvalue weighted by Gasteiger charge is -2.34. The molecule has 0 bridgehead atoms. The van der Waals surface area contributed by atoms with Crippen LogP contribution in [0.25, 0.3) is 0 Å². The Balaban J connectivity index is 4.76. The number of hydrogen-bond donors (Lipinski definition) is 3. The first kappa shape index (κ1) is 30.4. The average molecular weight is 455 g/mol. The molecular formula is C26H50N2O4. The molecule has 1 atom stereocenters. The fourth-order valence-corrected chi connectivity index (χ4v) is 4.19. The van der Waals surface area contributed by atoms with Gasteiger partial charge in [0, 0.05) is 18.5 Å². The highest BCUT2D eigenvalue weighted by Crippen LogP contribution is 2.39. The molecule has 0 heterocycles. The monoisotopic (exact) mass is 454 g/mol. The molecule has 188 valence electrons. The molecule has 3 N–H and O–H groups in total. The number of carbonyl (C=O) groups is 2. The fraction of sp³-hybridized carbons (Fsp3) is 0.846. The van der Waals surface area contributed by atoms with Crippen molar-refractivity contribution < 1.29 is 19.4 Å². The third kappa shape index (κ3) is 14.5. The van der Waals surface area contributed by atoms with Gasteiger partial charge in [0.2, 0.25) is 5.91 Å². The minimum Gasteiger partial charge on any atom is -0.444 e. The van der Waals surface area contributed by atoms with Crippen LogP contribution >= 0.6 is 0 Å². The van der Waals surface area contributed by atoms with Gasteiger partial charge in [0.15, 0.2) is 0 Å². The minimum absolute atomic E-state index is 0.00666. The quantitative estimate of drug-likeness (QED) is 0.383. The van der Waals surface area contributed by atoms with Crippen LogP contribution in [0, 0.1) is 21.7 Å². The van der Waals surface area contributed by atoms with Crippen LogP contribution < -0.4 is 10.6 Å². The molecular weight excluding hydrogens is 404 g/mol. The highest BCUT2D eigenvalue weighted by atomic mass is 16.6. The van der Waals surface area contributed by atoms with Crippen LogP contribution in [0.5, 0.6) is 0 Å². The van der Waals surface area contributed by atoms with Crippen LogP contribution in [-0.2, 0) is 9.53 Å². The molecule has 0 radical (unpaired) electrons. The summed E-state index contributed by atoms with van der Waals surface area (Å²) < 4.78 is 5.14. The number of alkyl carbamates (subject to hydrolysis) is 1. The molecule has 0 aromatic carbocycles. The molecule has 6 heteroatoms. The summed E-state index contributed by atoms with van der Waals surface area (Å²) in [5.74, 6) is -0.121. The van der Waals surface area contributed by atoms with Gasteiger partial charge in [-0.05, 0) is 49.9 Å². The third-order valence-corrected chi connectivity index (χ3v) is 4.86. The van der Waals surface area contributed by atoms with Gasteiger partial charge in [-0.25, -0.2) is 4.79 Å². The lowest BCUT2D eigenvalue weighted by molar-refractivity contribution is -0.131. The zero-order chi connectivity index (χ0) is 25.6. The van der Waals surface area contributed by atoms with Gasteiger partial charge in [-0.2, -0.15) is 0 Å². The van der Waals surface area contributed by atoms with Crippen molar-refractivity contribution in [3.05, 3.63) is 12.2 Å². The Morgan fingerprint density at radius 2 is 1.22 bits per heavy atom. The average Bonchev–Trinajstić information content (AvgIpc) is 2.51. The molecule has 0 saturated heterocycles. The Hall–Kier alpha value is -1.56. The van der Waals surface area contributed by atoms with Crippen molar-refractivity contribution in [3.63, 3.8) is 0 Å². The summed E-state index contributed by atoms with van der Waals surface area (Å²) in [6, 6.07) is 0. The molecule has 0 aromatic rings. The van der Waals surface area contributed by atoms with Gasteiger partial charge in [-0.1, -0.05) is 74.5 Å². The second kappa shape index (κ2) is 11.0. The van der Waals surface area contributed by atoms with E-state index < -0.39 is 23.2 Å². The van der Waals surface area contributed by atoms with Crippen molar-refractivity contribution in [1.82, 2.24) is 10.6 Å². The van der Waals surface area contributed by atoms with Crippen LogP contribution in [-0.4, -0.2) is 41.9 Å².